The van der Waals surface area contributed by atoms with Crippen LogP contribution in [0.2, 0.25) is 0 Å². The Morgan fingerprint density at radius 1 is 0.400 bits per heavy atom. The molecule has 55 heavy (non-hydrogen) atoms. The molecular weight excluding hydrogens is 685 g/mol. The Labute approximate surface area is 337 Å². The van der Waals surface area contributed by atoms with Crippen LogP contribution in [-0.4, -0.2) is 37.2 Å². The number of ether oxygens (including phenoxy) is 3. The first-order valence-electron chi connectivity index (χ1n) is 21.8. The summed E-state index contributed by atoms with van der Waals surface area (Å²) in [4.78, 5) is 37.6. The van der Waals surface area contributed by atoms with Gasteiger partial charge in [-0.25, -0.2) is 0 Å². The van der Waals surface area contributed by atoms with Crippen molar-refractivity contribution in [2.75, 3.05) is 13.2 Å². The molecule has 1 unspecified atom stereocenters. The zero-order chi connectivity index (χ0) is 40.1. The molecule has 310 valence electrons. The Hall–Kier alpha value is -3.67. The number of hydrogen-bond donors (Lipinski definition) is 0. The molecule has 0 heterocycles. The van der Waals surface area contributed by atoms with Gasteiger partial charge in [-0.3, -0.25) is 14.4 Å². The smallest absolute Gasteiger partial charge is 0.306 e. The molecule has 0 rings (SSSR count). The monoisotopic (exact) mass is 763 g/mol. The molecule has 1 atom stereocenters. The van der Waals surface area contributed by atoms with E-state index < -0.39 is 12.1 Å². The molecule has 0 amide bonds. The van der Waals surface area contributed by atoms with Gasteiger partial charge in [0.05, 0.1) is 0 Å². The van der Waals surface area contributed by atoms with Crippen molar-refractivity contribution in [2.24, 2.45) is 0 Å². The lowest BCUT2D eigenvalue weighted by atomic mass is 10.1. The summed E-state index contributed by atoms with van der Waals surface area (Å²) in [5, 5.41) is 0. The van der Waals surface area contributed by atoms with Crippen LogP contribution in [0, 0.1) is 0 Å². The van der Waals surface area contributed by atoms with Crippen molar-refractivity contribution in [1.29, 1.82) is 0 Å². The Morgan fingerprint density at radius 3 is 1.44 bits per heavy atom. The van der Waals surface area contributed by atoms with Crippen LogP contribution in [0.3, 0.4) is 0 Å². The summed E-state index contributed by atoms with van der Waals surface area (Å²) in [5.74, 6) is -1.09. The molecule has 0 aliphatic heterocycles. The van der Waals surface area contributed by atoms with Crippen LogP contribution in [0.25, 0.3) is 0 Å². The van der Waals surface area contributed by atoms with E-state index in [2.05, 4.69) is 63.3 Å². The fourth-order valence-electron chi connectivity index (χ4n) is 5.40. The molecule has 0 aromatic rings. The average molecular weight is 763 g/mol. The van der Waals surface area contributed by atoms with E-state index in [9.17, 15) is 14.4 Å². The fraction of sp³-hybridized carbons (Fsp3) is 0.612. The highest BCUT2D eigenvalue weighted by Gasteiger charge is 2.19. The Bertz CT molecular complexity index is 1150. The first-order valence-corrected chi connectivity index (χ1v) is 21.8. The summed E-state index contributed by atoms with van der Waals surface area (Å²) < 4.78 is 16.5. The third-order valence-corrected chi connectivity index (χ3v) is 8.68. The number of carbonyl (C=O) groups is 3. The number of allylic oxidation sites excluding steroid dienone is 16. The summed E-state index contributed by atoms with van der Waals surface area (Å²) in [6.45, 7) is 6.30. The van der Waals surface area contributed by atoms with E-state index in [0.29, 0.717) is 19.3 Å². The van der Waals surface area contributed by atoms with Gasteiger partial charge in [-0.05, 0) is 77.0 Å². The zero-order valence-electron chi connectivity index (χ0n) is 35.1. The highest BCUT2D eigenvalue weighted by molar-refractivity contribution is 5.71. The normalized spacial score (nSPS) is 13.0. The van der Waals surface area contributed by atoms with Crippen molar-refractivity contribution in [2.45, 2.75) is 181 Å². The van der Waals surface area contributed by atoms with Crippen LogP contribution >= 0.6 is 0 Å². The molecule has 0 saturated carbocycles. The summed E-state index contributed by atoms with van der Waals surface area (Å²) in [7, 11) is 0. The van der Waals surface area contributed by atoms with E-state index in [1.807, 2.05) is 54.7 Å². The van der Waals surface area contributed by atoms with Crippen molar-refractivity contribution in [1.82, 2.24) is 0 Å². The molecule has 0 aromatic heterocycles. The van der Waals surface area contributed by atoms with E-state index >= 15 is 0 Å². The quantitative estimate of drug-likeness (QED) is 0.0206. The number of rotatable bonds is 37. The number of carbonyl (C=O) groups excluding carboxylic acids is 3. The summed E-state index contributed by atoms with van der Waals surface area (Å²) in [6, 6.07) is 0. The Morgan fingerprint density at radius 2 is 0.836 bits per heavy atom. The largest absolute Gasteiger partial charge is 0.462 e. The molecule has 6 heteroatoms. The van der Waals surface area contributed by atoms with Crippen LogP contribution < -0.4 is 0 Å². The van der Waals surface area contributed by atoms with E-state index in [4.69, 9.17) is 14.2 Å². The predicted molar refractivity (Wildman–Crippen MR) is 233 cm³/mol. The molecule has 0 N–H and O–H groups in total. The SMILES string of the molecule is CC\C=C/C=C\C=C/C=C\C=C/CCCCCC(=O)OCC(COC(=O)CCC/C=C\CCCCCC)OC(=O)CC/C=C\C/C=C\CCCCCCCC. The lowest BCUT2D eigenvalue weighted by Gasteiger charge is -2.18. The molecule has 0 bridgehead atoms. The maximum Gasteiger partial charge on any atom is 0.306 e. The first kappa shape index (κ1) is 51.3. The second kappa shape index (κ2) is 43.1. The van der Waals surface area contributed by atoms with Gasteiger partial charge in [0.25, 0.3) is 0 Å². The summed E-state index contributed by atoms with van der Waals surface area (Å²) in [5.41, 5.74) is 0. The van der Waals surface area contributed by atoms with Gasteiger partial charge >= 0.3 is 17.9 Å². The topological polar surface area (TPSA) is 78.9 Å². The van der Waals surface area contributed by atoms with Gasteiger partial charge in [0.2, 0.25) is 0 Å². The van der Waals surface area contributed by atoms with Crippen LogP contribution in [0.1, 0.15) is 175 Å². The average Bonchev–Trinajstić information content (AvgIpc) is 3.18. The highest BCUT2D eigenvalue weighted by Crippen LogP contribution is 2.10. The van der Waals surface area contributed by atoms with Crippen molar-refractivity contribution in [3.8, 4) is 0 Å². The van der Waals surface area contributed by atoms with Gasteiger partial charge in [-0.1, -0.05) is 176 Å². The zero-order valence-corrected chi connectivity index (χ0v) is 35.1. The molecule has 0 fully saturated rings. The van der Waals surface area contributed by atoms with Crippen molar-refractivity contribution < 1.29 is 28.6 Å². The van der Waals surface area contributed by atoms with E-state index in [1.165, 1.54) is 64.2 Å². The maximum absolute atomic E-state index is 12.7. The first-order chi connectivity index (χ1) is 27.0. The molecule has 6 nitrogen and oxygen atoms in total. The van der Waals surface area contributed by atoms with Crippen molar-refractivity contribution in [3.05, 3.63) is 97.2 Å². The van der Waals surface area contributed by atoms with E-state index in [1.54, 1.807) is 0 Å². The fourth-order valence-corrected chi connectivity index (χ4v) is 5.40. The third-order valence-electron chi connectivity index (χ3n) is 8.68. The minimum Gasteiger partial charge on any atom is -0.462 e. The number of unbranched alkanes of at least 4 members (excludes halogenated alkanes) is 14. The van der Waals surface area contributed by atoms with Crippen LogP contribution in [-0.2, 0) is 28.6 Å². The lowest BCUT2D eigenvalue weighted by Crippen LogP contribution is -2.30. The van der Waals surface area contributed by atoms with Gasteiger partial charge in [0.1, 0.15) is 13.2 Å². The van der Waals surface area contributed by atoms with Crippen LogP contribution in [0.15, 0.2) is 97.2 Å². The molecule has 0 aliphatic rings. The Kier molecular flexibility index (Phi) is 40.2. The van der Waals surface area contributed by atoms with Gasteiger partial charge in [-0.2, -0.15) is 0 Å². The maximum atomic E-state index is 12.7. The summed E-state index contributed by atoms with van der Waals surface area (Å²) >= 11 is 0. The van der Waals surface area contributed by atoms with Gasteiger partial charge in [-0.15, -0.1) is 0 Å². The van der Waals surface area contributed by atoms with Crippen LogP contribution in [0.5, 0.6) is 0 Å². The van der Waals surface area contributed by atoms with Crippen LogP contribution in [0.4, 0.5) is 0 Å². The molecule has 0 radical (unpaired) electrons. The predicted octanol–water partition coefficient (Wildman–Crippen LogP) is 13.9. The lowest BCUT2D eigenvalue weighted by molar-refractivity contribution is -0.166. The molecule has 0 aromatic carbocycles. The standard InChI is InChI=1S/C49H78O6/c1-4-7-10-13-16-19-21-23-24-26-27-30-33-36-39-42-48(51)54-45-46(44-53-47(50)41-38-35-32-29-18-15-12-9-6-3)55-49(52)43-40-37-34-31-28-25-22-20-17-14-11-8-5-2/h7,10,13,16,19,21,23-29,32,34,37,46H,4-6,8-9,11-12,14-15,17-18,20,22,30-31,33,35-36,38-45H2,1-3H3/b10-7-,16-13-,21-19-,24-23-,27-26-,28-25-,32-29-,37-34-. The molecule has 0 saturated heterocycles. The molecule has 0 spiro atoms. The second-order valence-corrected chi connectivity index (χ2v) is 14.0. The number of hydrogen-bond acceptors (Lipinski definition) is 6. The molecular formula is C49H78O6. The van der Waals surface area contributed by atoms with Gasteiger partial charge in [0.15, 0.2) is 6.10 Å². The van der Waals surface area contributed by atoms with Crippen molar-refractivity contribution >= 4 is 17.9 Å². The van der Waals surface area contributed by atoms with Crippen molar-refractivity contribution in [3.63, 3.8) is 0 Å². The number of esters is 3. The minimum atomic E-state index is -0.834. The minimum absolute atomic E-state index is 0.131. The van der Waals surface area contributed by atoms with Gasteiger partial charge in [0, 0.05) is 19.3 Å². The Balaban J connectivity index is 4.58. The third kappa shape index (κ3) is 41.3. The van der Waals surface area contributed by atoms with E-state index in [-0.39, 0.29) is 38.0 Å². The van der Waals surface area contributed by atoms with Gasteiger partial charge < -0.3 is 14.2 Å². The summed E-state index contributed by atoms with van der Waals surface area (Å²) in [6.07, 6.45) is 55.5. The second-order valence-electron chi connectivity index (χ2n) is 14.0. The highest BCUT2D eigenvalue weighted by atomic mass is 16.6. The van der Waals surface area contributed by atoms with E-state index in [0.717, 1.165) is 57.8 Å². The molecule has 0 aliphatic carbocycles.